The van der Waals surface area contributed by atoms with Crippen LogP contribution >= 0.6 is 0 Å². The number of ether oxygens (including phenoxy) is 2. The van der Waals surface area contributed by atoms with E-state index in [1.165, 1.54) is 0 Å². The highest BCUT2D eigenvalue weighted by atomic mass is 16.5. The van der Waals surface area contributed by atoms with E-state index in [1.807, 2.05) is 32.0 Å². The average molecular weight is 277 g/mol. The molecular weight excluding hydrogens is 254 g/mol. The average Bonchev–Trinajstić information content (AvgIpc) is 2.44. The minimum Gasteiger partial charge on any atom is -0.493 e. The first kappa shape index (κ1) is 14.7. The number of hydrogen-bond acceptors (Lipinski definition) is 3. The number of nitrogens with zero attached hydrogens (tertiary/aromatic N) is 1. The summed E-state index contributed by atoms with van der Waals surface area (Å²) in [6, 6.07) is 8.18. The summed E-state index contributed by atoms with van der Waals surface area (Å²) in [5.74, 6) is 1.38. The maximum atomic E-state index is 5.92. The Morgan fingerprint density at radius 2 is 2.30 bits per heavy atom. The molecule has 1 heterocycles. The zero-order chi connectivity index (χ0) is 14.4. The topological polar surface area (TPSA) is 68.9 Å². The molecule has 1 aromatic carbocycles. The second kappa shape index (κ2) is 7.14. The van der Waals surface area contributed by atoms with Gasteiger partial charge < -0.3 is 20.5 Å². The van der Waals surface area contributed by atoms with Crippen molar-refractivity contribution in [2.24, 2.45) is 10.7 Å². The van der Waals surface area contributed by atoms with Crippen LogP contribution in [0.4, 0.5) is 0 Å². The number of fused-ring (bicyclic) bond motifs is 1. The molecule has 0 spiro atoms. The predicted molar refractivity (Wildman–Crippen MR) is 80.0 cm³/mol. The molecule has 0 aromatic heterocycles. The number of rotatable bonds is 5. The van der Waals surface area contributed by atoms with Crippen molar-refractivity contribution < 1.29 is 9.47 Å². The van der Waals surface area contributed by atoms with Gasteiger partial charge in [-0.05, 0) is 19.9 Å². The summed E-state index contributed by atoms with van der Waals surface area (Å²) in [5.41, 5.74) is 7.06. The summed E-state index contributed by atoms with van der Waals surface area (Å²) in [4.78, 5) is 4.28. The molecule has 20 heavy (non-hydrogen) atoms. The van der Waals surface area contributed by atoms with Crippen molar-refractivity contribution in [3.05, 3.63) is 29.8 Å². The van der Waals surface area contributed by atoms with Crippen molar-refractivity contribution in [2.75, 3.05) is 19.8 Å². The Morgan fingerprint density at radius 1 is 1.50 bits per heavy atom. The molecule has 1 aliphatic rings. The van der Waals surface area contributed by atoms with Crippen LogP contribution in [0.3, 0.4) is 0 Å². The highest BCUT2D eigenvalue weighted by Crippen LogP contribution is 2.31. The van der Waals surface area contributed by atoms with E-state index < -0.39 is 0 Å². The Balaban J connectivity index is 1.89. The summed E-state index contributed by atoms with van der Waals surface area (Å²) in [6.07, 6.45) is 1.11. The summed E-state index contributed by atoms with van der Waals surface area (Å²) in [5, 5.41) is 3.26. The van der Waals surface area contributed by atoms with Gasteiger partial charge in [-0.1, -0.05) is 18.2 Å². The normalized spacial score (nSPS) is 18.6. The van der Waals surface area contributed by atoms with Gasteiger partial charge in [-0.3, -0.25) is 4.99 Å². The smallest absolute Gasteiger partial charge is 0.189 e. The van der Waals surface area contributed by atoms with Gasteiger partial charge in [-0.15, -0.1) is 0 Å². The first-order valence-electron chi connectivity index (χ1n) is 7.06. The van der Waals surface area contributed by atoms with Crippen LogP contribution in [0.5, 0.6) is 5.75 Å². The van der Waals surface area contributed by atoms with Crippen LogP contribution < -0.4 is 15.8 Å². The molecule has 0 bridgehead atoms. The lowest BCUT2D eigenvalue weighted by Gasteiger charge is -2.26. The van der Waals surface area contributed by atoms with Crippen LogP contribution in [-0.2, 0) is 4.74 Å². The lowest BCUT2D eigenvalue weighted by molar-refractivity contribution is 0.0853. The SMILES string of the molecule is CC(C)OCCN=C(N)NC1CCOc2ccccc21. The first-order chi connectivity index (χ1) is 9.66. The van der Waals surface area contributed by atoms with Crippen molar-refractivity contribution in [2.45, 2.75) is 32.4 Å². The minimum absolute atomic E-state index is 0.162. The maximum Gasteiger partial charge on any atom is 0.189 e. The van der Waals surface area contributed by atoms with Crippen LogP contribution in [0.2, 0.25) is 0 Å². The number of aliphatic imine (C=N–C) groups is 1. The minimum atomic E-state index is 0.162. The Labute approximate surface area is 120 Å². The number of nitrogens with one attached hydrogen (secondary N) is 1. The van der Waals surface area contributed by atoms with Crippen LogP contribution in [0, 0.1) is 0 Å². The monoisotopic (exact) mass is 277 g/mol. The lowest BCUT2D eigenvalue weighted by Crippen LogP contribution is -2.37. The highest BCUT2D eigenvalue weighted by molar-refractivity contribution is 5.78. The number of benzene rings is 1. The molecule has 0 radical (unpaired) electrons. The van der Waals surface area contributed by atoms with E-state index in [2.05, 4.69) is 16.4 Å². The molecule has 1 atom stereocenters. The molecule has 0 amide bonds. The van der Waals surface area contributed by atoms with Crippen LogP contribution in [0.25, 0.3) is 0 Å². The molecule has 1 unspecified atom stereocenters. The second-order valence-electron chi connectivity index (χ2n) is 5.06. The van der Waals surface area contributed by atoms with Crippen LogP contribution in [0.1, 0.15) is 31.9 Å². The molecule has 1 aliphatic heterocycles. The number of guanidine groups is 1. The van der Waals surface area contributed by atoms with E-state index in [4.69, 9.17) is 15.2 Å². The molecule has 0 fully saturated rings. The fourth-order valence-electron chi connectivity index (χ4n) is 2.17. The van der Waals surface area contributed by atoms with Gasteiger partial charge in [0.25, 0.3) is 0 Å². The van der Waals surface area contributed by atoms with Gasteiger partial charge in [-0.25, -0.2) is 0 Å². The molecule has 5 nitrogen and oxygen atoms in total. The third kappa shape index (κ3) is 4.13. The fourth-order valence-corrected chi connectivity index (χ4v) is 2.17. The zero-order valence-corrected chi connectivity index (χ0v) is 12.1. The van der Waals surface area contributed by atoms with E-state index in [0.29, 0.717) is 25.7 Å². The third-order valence-corrected chi connectivity index (χ3v) is 3.11. The van der Waals surface area contributed by atoms with Crippen LogP contribution in [-0.4, -0.2) is 31.8 Å². The Morgan fingerprint density at radius 3 is 3.10 bits per heavy atom. The van der Waals surface area contributed by atoms with Gasteiger partial charge >= 0.3 is 0 Å². The number of para-hydroxylation sites is 1. The van der Waals surface area contributed by atoms with E-state index >= 15 is 0 Å². The molecule has 0 saturated carbocycles. The first-order valence-corrected chi connectivity index (χ1v) is 7.06. The summed E-state index contributed by atoms with van der Waals surface area (Å²) < 4.78 is 11.0. The molecular formula is C15H23N3O2. The van der Waals surface area contributed by atoms with Gasteiger partial charge in [0.05, 0.1) is 31.9 Å². The van der Waals surface area contributed by atoms with Gasteiger partial charge in [0, 0.05) is 12.0 Å². The van der Waals surface area contributed by atoms with E-state index in [-0.39, 0.29) is 12.1 Å². The summed E-state index contributed by atoms with van der Waals surface area (Å²) >= 11 is 0. The number of hydrogen-bond donors (Lipinski definition) is 2. The lowest BCUT2D eigenvalue weighted by atomic mass is 10.0. The molecule has 2 rings (SSSR count). The van der Waals surface area contributed by atoms with E-state index in [9.17, 15) is 0 Å². The zero-order valence-electron chi connectivity index (χ0n) is 12.1. The molecule has 3 N–H and O–H groups in total. The van der Waals surface area contributed by atoms with Gasteiger partial charge in [0.2, 0.25) is 0 Å². The van der Waals surface area contributed by atoms with Crippen molar-refractivity contribution in [3.63, 3.8) is 0 Å². The second-order valence-corrected chi connectivity index (χ2v) is 5.06. The van der Waals surface area contributed by atoms with Crippen molar-refractivity contribution in [1.29, 1.82) is 0 Å². The largest absolute Gasteiger partial charge is 0.493 e. The van der Waals surface area contributed by atoms with Crippen molar-refractivity contribution in [3.8, 4) is 5.75 Å². The molecule has 0 saturated heterocycles. The van der Waals surface area contributed by atoms with Gasteiger partial charge in [-0.2, -0.15) is 0 Å². The van der Waals surface area contributed by atoms with Gasteiger partial charge in [0.15, 0.2) is 5.96 Å². The van der Waals surface area contributed by atoms with Gasteiger partial charge in [0.1, 0.15) is 5.75 Å². The van der Waals surface area contributed by atoms with Crippen molar-refractivity contribution >= 4 is 5.96 Å². The predicted octanol–water partition coefficient (Wildman–Crippen LogP) is 1.84. The molecule has 1 aromatic rings. The van der Waals surface area contributed by atoms with E-state index in [0.717, 1.165) is 17.7 Å². The molecule has 0 aliphatic carbocycles. The number of nitrogens with two attached hydrogens (primary N) is 1. The van der Waals surface area contributed by atoms with Crippen LogP contribution in [0.15, 0.2) is 29.3 Å². The molecule has 5 heteroatoms. The Hall–Kier alpha value is -1.75. The standard InChI is InChI=1S/C15H23N3O2/c1-11(2)19-10-8-17-15(16)18-13-7-9-20-14-6-4-3-5-12(13)14/h3-6,11,13H,7-10H2,1-2H3,(H3,16,17,18). The fraction of sp³-hybridized carbons (Fsp3) is 0.533. The summed E-state index contributed by atoms with van der Waals surface area (Å²) in [6.45, 7) is 5.86. The van der Waals surface area contributed by atoms with E-state index in [1.54, 1.807) is 0 Å². The quantitative estimate of drug-likeness (QED) is 0.489. The molecule has 110 valence electrons. The highest BCUT2D eigenvalue weighted by Gasteiger charge is 2.20. The summed E-state index contributed by atoms with van der Waals surface area (Å²) in [7, 11) is 0. The third-order valence-electron chi connectivity index (χ3n) is 3.11. The maximum absolute atomic E-state index is 5.92. The Bertz CT molecular complexity index is 460. The Kier molecular flexibility index (Phi) is 5.24. The van der Waals surface area contributed by atoms with Crippen molar-refractivity contribution in [1.82, 2.24) is 5.32 Å².